The molecule has 2 aromatic rings. The van der Waals surface area contributed by atoms with Gasteiger partial charge in [-0.2, -0.15) is 0 Å². The van der Waals surface area contributed by atoms with Crippen molar-refractivity contribution in [2.24, 2.45) is 0 Å². The van der Waals surface area contributed by atoms with Gasteiger partial charge in [-0.05, 0) is 42.2 Å². The quantitative estimate of drug-likeness (QED) is 0.893. The second kappa shape index (κ2) is 5.88. The van der Waals surface area contributed by atoms with Gasteiger partial charge < -0.3 is 5.32 Å². The number of amides is 1. The maximum Gasteiger partial charge on any atom is 0.265 e. The zero-order valence-corrected chi connectivity index (χ0v) is 15.6. The van der Waals surface area contributed by atoms with Crippen molar-refractivity contribution in [3.8, 4) is 0 Å². The first-order chi connectivity index (χ1) is 11.6. The van der Waals surface area contributed by atoms with E-state index >= 15 is 0 Å². The summed E-state index contributed by atoms with van der Waals surface area (Å²) in [6.45, 7) is 7.81. The second-order valence-corrected chi connectivity index (χ2v) is 9.07. The topological polar surface area (TPSA) is 66.5 Å². The largest absolute Gasteiger partial charge is 0.322 e. The Morgan fingerprint density at radius 1 is 1.00 bits per heavy atom. The van der Waals surface area contributed by atoms with E-state index in [2.05, 4.69) is 26.1 Å². The molecule has 1 aliphatic heterocycles. The Bertz CT molecular complexity index is 912. The molecule has 0 saturated carbocycles. The van der Waals surface area contributed by atoms with Crippen LogP contribution in [0.4, 0.5) is 11.4 Å². The molecule has 0 unspecified atom stereocenters. The van der Waals surface area contributed by atoms with Gasteiger partial charge in [0.1, 0.15) is 6.04 Å². The Hall–Kier alpha value is -2.34. The van der Waals surface area contributed by atoms with Crippen LogP contribution in [0, 0.1) is 0 Å². The number of carbonyl (C=O) groups is 1. The van der Waals surface area contributed by atoms with Crippen LogP contribution in [-0.4, -0.2) is 20.4 Å². The van der Waals surface area contributed by atoms with Gasteiger partial charge in [0.15, 0.2) is 0 Å². The van der Waals surface area contributed by atoms with Gasteiger partial charge in [-0.15, -0.1) is 0 Å². The molecule has 1 amide bonds. The molecule has 0 aliphatic carbocycles. The van der Waals surface area contributed by atoms with E-state index in [1.165, 1.54) is 4.31 Å². The molecule has 6 heteroatoms. The number of sulfonamides is 1. The van der Waals surface area contributed by atoms with Crippen molar-refractivity contribution in [1.82, 2.24) is 0 Å². The first-order valence-electron chi connectivity index (χ1n) is 8.17. The van der Waals surface area contributed by atoms with Crippen LogP contribution in [0.2, 0.25) is 0 Å². The average molecular weight is 358 g/mol. The number of nitrogens with one attached hydrogen (secondary N) is 1. The fourth-order valence-corrected chi connectivity index (χ4v) is 4.54. The van der Waals surface area contributed by atoms with Gasteiger partial charge in [0.05, 0.1) is 16.3 Å². The number of rotatable bonds is 2. The van der Waals surface area contributed by atoms with Crippen LogP contribution >= 0.6 is 0 Å². The highest BCUT2D eigenvalue weighted by molar-refractivity contribution is 7.93. The highest BCUT2D eigenvalue weighted by Crippen LogP contribution is 2.36. The predicted octanol–water partition coefficient (Wildman–Crippen LogP) is 3.52. The SMILES string of the molecule is C[C@H]1C(=O)Nc2ccccc2N1S(=O)(=O)c1ccc(C(C)(C)C)cc1. The molecule has 1 heterocycles. The Morgan fingerprint density at radius 2 is 1.60 bits per heavy atom. The Balaban J connectivity index is 2.09. The third kappa shape index (κ3) is 3.02. The number of para-hydroxylation sites is 2. The number of hydrogen-bond donors (Lipinski definition) is 1. The molecule has 1 atom stereocenters. The lowest BCUT2D eigenvalue weighted by Gasteiger charge is -2.35. The van der Waals surface area contributed by atoms with E-state index in [1.54, 1.807) is 43.3 Å². The highest BCUT2D eigenvalue weighted by Gasteiger charge is 2.38. The molecular formula is C19H22N2O3S. The first kappa shape index (κ1) is 17.5. The average Bonchev–Trinajstić information content (AvgIpc) is 2.55. The number of hydrogen-bond acceptors (Lipinski definition) is 3. The fraction of sp³-hybridized carbons (Fsp3) is 0.316. The van der Waals surface area contributed by atoms with Crippen LogP contribution in [-0.2, 0) is 20.2 Å². The lowest BCUT2D eigenvalue weighted by molar-refractivity contribution is -0.117. The van der Waals surface area contributed by atoms with E-state index < -0.39 is 16.1 Å². The standard InChI is InChI=1S/C19H22N2O3S/c1-13-18(22)20-16-7-5-6-8-17(16)21(13)25(23,24)15-11-9-14(10-12-15)19(2,3)4/h5-13H,1-4H3,(H,20,22)/t13-/m0/s1. The summed E-state index contributed by atoms with van der Waals surface area (Å²) >= 11 is 0. The molecule has 0 saturated heterocycles. The maximum absolute atomic E-state index is 13.2. The summed E-state index contributed by atoms with van der Waals surface area (Å²) in [5, 5.41) is 2.75. The summed E-state index contributed by atoms with van der Waals surface area (Å²) in [6, 6.07) is 13.0. The summed E-state index contributed by atoms with van der Waals surface area (Å²) in [5.74, 6) is -0.339. The van der Waals surface area contributed by atoms with Crippen molar-refractivity contribution in [2.45, 2.75) is 44.0 Å². The molecule has 0 fully saturated rings. The third-order valence-electron chi connectivity index (χ3n) is 4.41. The minimum Gasteiger partial charge on any atom is -0.322 e. The van der Waals surface area contributed by atoms with Crippen molar-refractivity contribution in [2.75, 3.05) is 9.62 Å². The summed E-state index contributed by atoms with van der Waals surface area (Å²) in [6.07, 6.45) is 0. The van der Waals surface area contributed by atoms with Gasteiger partial charge in [0, 0.05) is 0 Å². The van der Waals surface area contributed by atoms with E-state index in [0.717, 1.165) is 5.56 Å². The van der Waals surface area contributed by atoms with Gasteiger partial charge >= 0.3 is 0 Å². The second-order valence-electron chi connectivity index (χ2n) is 7.26. The summed E-state index contributed by atoms with van der Waals surface area (Å²) in [7, 11) is -3.85. The van der Waals surface area contributed by atoms with Gasteiger partial charge in [0.2, 0.25) is 5.91 Å². The molecular weight excluding hydrogens is 336 g/mol. The first-order valence-corrected chi connectivity index (χ1v) is 9.61. The Labute approximate surface area is 148 Å². The van der Waals surface area contributed by atoms with E-state index in [-0.39, 0.29) is 16.2 Å². The smallest absolute Gasteiger partial charge is 0.265 e. The van der Waals surface area contributed by atoms with Gasteiger partial charge in [-0.3, -0.25) is 9.10 Å². The zero-order chi connectivity index (χ0) is 18.4. The minimum absolute atomic E-state index is 0.0623. The van der Waals surface area contributed by atoms with E-state index in [1.807, 2.05) is 12.1 Å². The summed E-state index contributed by atoms with van der Waals surface area (Å²) in [5.41, 5.74) is 1.97. The molecule has 132 valence electrons. The molecule has 25 heavy (non-hydrogen) atoms. The minimum atomic E-state index is -3.85. The van der Waals surface area contributed by atoms with E-state index in [9.17, 15) is 13.2 Å². The molecule has 0 radical (unpaired) electrons. The lowest BCUT2D eigenvalue weighted by Crippen LogP contribution is -2.49. The third-order valence-corrected chi connectivity index (χ3v) is 6.31. The van der Waals surface area contributed by atoms with E-state index in [4.69, 9.17) is 0 Å². The molecule has 5 nitrogen and oxygen atoms in total. The monoisotopic (exact) mass is 358 g/mol. The predicted molar refractivity (Wildman–Crippen MR) is 99.3 cm³/mol. The lowest BCUT2D eigenvalue weighted by atomic mass is 9.87. The van der Waals surface area contributed by atoms with Gasteiger partial charge in [-0.25, -0.2) is 8.42 Å². The van der Waals surface area contributed by atoms with Crippen LogP contribution in [0.25, 0.3) is 0 Å². The van der Waals surface area contributed by atoms with Crippen LogP contribution in [0.15, 0.2) is 53.4 Å². The normalized spacial score (nSPS) is 17.8. The zero-order valence-electron chi connectivity index (χ0n) is 14.8. The highest BCUT2D eigenvalue weighted by atomic mass is 32.2. The molecule has 1 aliphatic rings. The van der Waals surface area contributed by atoms with Crippen LogP contribution in [0.5, 0.6) is 0 Å². The molecule has 0 spiro atoms. The van der Waals surface area contributed by atoms with Crippen molar-refractivity contribution in [1.29, 1.82) is 0 Å². The van der Waals surface area contributed by atoms with Gasteiger partial charge in [-0.1, -0.05) is 45.0 Å². The number of carbonyl (C=O) groups excluding carboxylic acids is 1. The molecule has 0 aromatic heterocycles. The van der Waals surface area contributed by atoms with Gasteiger partial charge in [0.25, 0.3) is 10.0 Å². The van der Waals surface area contributed by atoms with Crippen LogP contribution in [0.1, 0.15) is 33.3 Å². The number of nitrogens with zero attached hydrogens (tertiary/aromatic N) is 1. The van der Waals surface area contributed by atoms with E-state index in [0.29, 0.717) is 11.4 Å². The molecule has 0 bridgehead atoms. The maximum atomic E-state index is 13.2. The molecule has 2 aromatic carbocycles. The van der Waals surface area contributed by atoms with Crippen LogP contribution < -0.4 is 9.62 Å². The van der Waals surface area contributed by atoms with Crippen molar-refractivity contribution in [3.63, 3.8) is 0 Å². The summed E-state index contributed by atoms with van der Waals surface area (Å²) in [4.78, 5) is 12.4. The van der Waals surface area contributed by atoms with Crippen molar-refractivity contribution in [3.05, 3.63) is 54.1 Å². The van der Waals surface area contributed by atoms with Crippen LogP contribution in [0.3, 0.4) is 0 Å². The number of benzene rings is 2. The van der Waals surface area contributed by atoms with Crippen molar-refractivity contribution >= 4 is 27.3 Å². The Kier molecular flexibility index (Phi) is 4.11. The Morgan fingerprint density at radius 3 is 2.20 bits per heavy atom. The molecule has 3 rings (SSSR count). The van der Waals surface area contributed by atoms with Crippen molar-refractivity contribution < 1.29 is 13.2 Å². The molecule has 1 N–H and O–H groups in total. The number of fused-ring (bicyclic) bond motifs is 1. The fourth-order valence-electron chi connectivity index (χ4n) is 2.90. The number of anilines is 2. The summed E-state index contributed by atoms with van der Waals surface area (Å²) < 4.78 is 27.6.